The number of furan rings is 1. The van der Waals surface area contributed by atoms with Crippen LogP contribution in [-0.2, 0) is 16.6 Å². The monoisotopic (exact) mass is 520 g/mol. The number of hydrogen-bond acceptors (Lipinski definition) is 4. The molecular formula is C19H29IN4O3S. The fourth-order valence-corrected chi connectivity index (χ4v) is 4.54. The average molecular weight is 520 g/mol. The zero-order valence-corrected chi connectivity index (χ0v) is 19.7. The number of hydrogen-bond donors (Lipinski definition) is 2. The highest BCUT2D eigenvalue weighted by molar-refractivity contribution is 14.0. The van der Waals surface area contributed by atoms with Crippen molar-refractivity contribution in [3.63, 3.8) is 0 Å². The van der Waals surface area contributed by atoms with E-state index in [2.05, 4.69) is 28.6 Å². The molecule has 2 heterocycles. The summed E-state index contributed by atoms with van der Waals surface area (Å²) < 4.78 is 31.4. The van der Waals surface area contributed by atoms with Crippen LogP contribution in [0, 0.1) is 6.92 Å². The van der Waals surface area contributed by atoms with Gasteiger partial charge in [0, 0.05) is 37.1 Å². The van der Waals surface area contributed by atoms with Crippen molar-refractivity contribution in [3.05, 3.63) is 35.6 Å². The van der Waals surface area contributed by atoms with Crippen molar-refractivity contribution in [3.8, 4) is 0 Å². The van der Waals surface area contributed by atoms with Crippen molar-refractivity contribution in [2.45, 2.75) is 39.3 Å². The zero-order valence-electron chi connectivity index (χ0n) is 16.6. The second-order valence-electron chi connectivity index (χ2n) is 6.79. The first kappa shape index (κ1) is 23.0. The van der Waals surface area contributed by atoms with Gasteiger partial charge >= 0.3 is 0 Å². The summed E-state index contributed by atoms with van der Waals surface area (Å²) in [6.45, 7) is 5.39. The van der Waals surface area contributed by atoms with Gasteiger partial charge in [-0.1, -0.05) is 18.2 Å². The molecule has 1 aliphatic rings. The molecule has 28 heavy (non-hydrogen) atoms. The van der Waals surface area contributed by atoms with Crippen molar-refractivity contribution in [2.75, 3.05) is 25.9 Å². The minimum atomic E-state index is -3.10. The van der Waals surface area contributed by atoms with Crippen LogP contribution in [0.3, 0.4) is 0 Å². The van der Waals surface area contributed by atoms with Crippen molar-refractivity contribution >= 4 is 50.9 Å². The molecule has 2 aromatic rings. The van der Waals surface area contributed by atoms with Crippen LogP contribution in [0.25, 0.3) is 11.0 Å². The first-order valence-electron chi connectivity index (χ1n) is 9.36. The van der Waals surface area contributed by atoms with E-state index in [4.69, 9.17) is 4.42 Å². The molecule has 9 heteroatoms. The highest BCUT2D eigenvalue weighted by Gasteiger charge is 2.27. The number of para-hydroxylation sites is 1. The van der Waals surface area contributed by atoms with Crippen LogP contribution in [0.5, 0.6) is 0 Å². The molecule has 0 atom stereocenters. The molecular weight excluding hydrogens is 491 g/mol. The Balaban J connectivity index is 0.00000280. The van der Waals surface area contributed by atoms with E-state index in [0.717, 1.165) is 35.1 Å². The molecule has 1 saturated heterocycles. The summed E-state index contributed by atoms with van der Waals surface area (Å²) in [6.07, 6.45) is 1.53. The topological polar surface area (TPSA) is 86.9 Å². The molecule has 0 saturated carbocycles. The van der Waals surface area contributed by atoms with E-state index in [-0.39, 0.29) is 35.8 Å². The third kappa shape index (κ3) is 5.18. The number of benzene rings is 1. The van der Waals surface area contributed by atoms with Gasteiger partial charge in [0.15, 0.2) is 5.96 Å². The number of rotatable bonds is 5. The van der Waals surface area contributed by atoms with E-state index >= 15 is 0 Å². The van der Waals surface area contributed by atoms with Crippen LogP contribution >= 0.6 is 24.0 Å². The molecule has 1 aromatic heterocycles. The number of nitrogens with zero attached hydrogens (tertiary/aromatic N) is 2. The van der Waals surface area contributed by atoms with E-state index in [1.165, 1.54) is 0 Å². The van der Waals surface area contributed by atoms with Gasteiger partial charge in [-0.3, -0.25) is 4.99 Å². The molecule has 156 valence electrons. The lowest BCUT2D eigenvalue weighted by atomic mass is 10.1. The quantitative estimate of drug-likeness (QED) is 0.360. The Hall–Kier alpha value is -1.33. The van der Waals surface area contributed by atoms with E-state index in [9.17, 15) is 8.42 Å². The second-order valence-corrected chi connectivity index (χ2v) is 9.05. The maximum absolute atomic E-state index is 12.0. The minimum Gasteiger partial charge on any atom is -0.459 e. The van der Waals surface area contributed by atoms with Gasteiger partial charge < -0.3 is 15.1 Å². The molecule has 2 N–H and O–H groups in total. The van der Waals surface area contributed by atoms with Gasteiger partial charge in [-0.15, -0.1) is 24.0 Å². The van der Waals surface area contributed by atoms with Gasteiger partial charge in [0.25, 0.3) is 0 Å². The van der Waals surface area contributed by atoms with Gasteiger partial charge in [-0.25, -0.2) is 12.7 Å². The van der Waals surface area contributed by atoms with E-state index in [1.54, 1.807) is 18.3 Å². The predicted octanol–water partition coefficient (Wildman–Crippen LogP) is 2.84. The second kappa shape index (κ2) is 9.93. The Morgan fingerprint density at radius 1 is 1.29 bits per heavy atom. The van der Waals surface area contributed by atoms with Gasteiger partial charge in [-0.2, -0.15) is 0 Å². The Kier molecular flexibility index (Phi) is 8.14. The van der Waals surface area contributed by atoms with Crippen LogP contribution in [0.4, 0.5) is 0 Å². The standard InChI is InChI=1S/C19H28N4O3S.HI/c1-4-27(24,25)23-11-9-15(10-12-23)22-19(20-3)21-13-18-14(2)16-7-5-6-8-17(16)26-18;/h5-8,15H,4,9-13H2,1-3H3,(H2,20,21,22);1H. The fraction of sp³-hybridized carbons (Fsp3) is 0.526. The molecule has 0 radical (unpaired) electrons. The first-order chi connectivity index (χ1) is 12.9. The minimum absolute atomic E-state index is 0. The first-order valence-corrected chi connectivity index (χ1v) is 11.0. The van der Waals surface area contributed by atoms with Crippen LogP contribution in [0.2, 0.25) is 0 Å². The average Bonchev–Trinajstić information content (AvgIpc) is 3.01. The number of aliphatic imine (C=N–C) groups is 1. The molecule has 0 bridgehead atoms. The summed E-state index contributed by atoms with van der Waals surface area (Å²) >= 11 is 0. The maximum Gasteiger partial charge on any atom is 0.213 e. The Morgan fingerprint density at radius 2 is 1.96 bits per heavy atom. The molecule has 0 amide bonds. The molecule has 1 aliphatic heterocycles. The zero-order chi connectivity index (χ0) is 19.4. The number of nitrogens with one attached hydrogen (secondary N) is 2. The third-order valence-electron chi connectivity index (χ3n) is 5.14. The van der Waals surface area contributed by atoms with Crippen LogP contribution in [0.15, 0.2) is 33.7 Å². The SMILES string of the molecule is CCS(=O)(=O)N1CCC(NC(=NC)NCc2oc3ccccc3c2C)CC1.I. The number of aryl methyl sites for hydroxylation is 1. The van der Waals surface area contributed by atoms with Crippen molar-refractivity contribution in [2.24, 2.45) is 4.99 Å². The number of halogens is 1. The summed E-state index contributed by atoms with van der Waals surface area (Å²) in [6, 6.07) is 8.21. The Labute approximate surface area is 184 Å². The number of sulfonamides is 1. The Morgan fingerprint density at radius 3 is 2.57 bits per heavy atom. The van der Waals surface area contributed by atoms with Crippen molar-refractivity contribution < 1.29 is 12.8 Å². The van der Waals surface area contributed by atoms with Crippen LogP contribution in [-0.4, -0.2) is 50.6 Å². The molecule has 1 aromatic carbocycles. The summed E-state index contributed by atoms with van der Waals surface area (Å²) in [5.74, 6) is 1.75. The molecule has 7 nitrogen and oxygen atoms in total. The van der Waals surface area contributed by atoms with Gasteiger partial charge in [0.05, 0.1) is 12.3 Å². The molecule has 1 fully saturated rings. The van der Waals surface area contributed by atoms with Gasteiger partial charge in [-0.05, 0) is 32.8 Å². The number of guanidine groups is 1. The summed E-state index contributed by atoms with van der Waals surface area (Å²) in [5, 5.41) is 7.82. The van der Waals surface area contributed by atoms with E-state index in [1.807, 2.05) is 18.2 Å². The highest BCUT2D eigenvalue weighted by atomic mass is 127. The maximum atomic E-state index is 12.0. The Bertz CT molecular complexity index is 918. The predicted molar refractivity (Wildman–Crippen MR) is 124 cm³/mol. The van der Waals surface area contributed by atoms with E-state index < -0.39 is 10.0 Å². The lowest BCUT2D eigenvalue weighted by Gasteiger charge is -2.32. The van der Waals surface area contributed by atoms with Crippen LogP contribution in [0.1, 0.15) is 31.1 Å². The summed E-state index contributed by atoms with van der Waals surface area (Å²) in [4.78, 5) is 4.29. The molecule has 0 aliphatic carbocycles. The number of fused-ring (bicyclic) bond motifs is 1. The normalized spacial score (nSPS) is 16.8. The summed E-state index contributed by atoms with van der Waals surface area (Å²) in [7, 11) is -1.36. The van der Waals surface area contributed by atoms with Crippen molar-refractivity contribution in [1.82, 2.24) is 14.9 Å². The summed E-state index contributed by atoms with van der Waals surface area (Å²) in [5.41, 5.74) is 2.02. The number of piperidine rings is 1. The van der Waals surface area contributed by atoms with Gasteiger partial charge in [0.2, 0.25) is 10.0 Å². The lowest BCUT2D eigenvalue weighted by Crippen LogP contribution is -2.49. The largest absolute Gasteiger partial charge is 0.459 e. The molecule has 0 spiro atoms. The molecule has 3 rings (SSSR count). The lowest BCUT2D eigenvalue weighted by molar-refractivity contribution is 0.306. The third-order valence-corrected chi connectivity index (χ3v) is 7.02. The smallest absolute Gasteiger partial charge is 0.213 e. The van der Waals surface area contributed by atoms with Crippen molar-refractivity contribution in [1.29, 1.82) is 0 Å². The van der Waals surface area contributed by atoms with Crippen LogP contribution < -0.4 is 10.6 Å². The molecule has 0 unspecified atom stereocenters. The van der Waals surface area contributed by atoms with Gasteiger partial charge in [0.1, 0.15) is 11.3 Å². The highest BCUT2D eigenvalue weighted by Crippen LogP contribution is 2.24. The fourth-order valence-electron chi connectivity index (χ4n) is 3.41. The van der Waals surface area contributed by atoms with E-state index in [0.29, 0.717) is 25.6 Å².